The minimum atomic E-state index is 0.0773. The Morgan fingerprint density at radius 1 is 1.04 bits per heavy atom. The quantitative estimate of drug-likeness (QED) is 0.931. The molecule has 2 saturated heterocycles. The first kappa shape index (κ1) is 15.4. The highest BCUT2D eigenvalue weighted by atomic mass is 16.3. The van der Waals surface area contributed by atoms with Crippen molar-refractivity contribution in [3.8, 4) is 0 Å². The van der Waals surface area contributed by atoms with Gasteiger partial charge in [-0.15, -0.1) is 0 Å². The number of piperidine rings is 2. The first-order valence-corrected chi connectivity index (χ1v) is 9.33. The first-order chi connectivity index (χ1) is 11.3. The van der Waals surface area contributed by atoms with Gasteiger partial charge in [-0.25, -0.2) is 4.98 Å². The number of aliphatic hydroxyl groups is 1. The Hall–Kier alpha value is -1.13. The molecule has 1 aromatic heterocycles. The van der Waals surface area contributed by atoms with Crippen molar-refractivity contribution in [1.82, 2.24) is 9.88 Å². The van der Waals surface area contributed by atoms with Crippen molar-refractivity contribution in [3.63, 3.8) is 0 Å². The van der Waals surface area contributed by atoms with Crippen molar-refractivity contribution in [2.45, 2.75) is 57.6 Å². The summed E-state index contributed by atoms with van der Waals surface area (Å²) >= 11 is 0. The third-order valence-corrected chi connectivity index (χ3v) is 6.59. The maximum absolute atomic E-state index is 9.13. The number of aromatic nitrogens is 1. The number of anilines is 1. The predicted molar refractivity (Wildman–Crippen MR) is 92.5 cm³/mol. The van der Waals surface area contributed by atoms with Gasteiger partial charge in [-0.05, 0) is 68.7 Å². The van der Waals surface area contributed by atoms with Crippen LogP contribution in [0.15, 0.2) is 18.3 Å². The summed E-state index contributed by atoms with van der Waals surface area (Å²) in [6.07, 6.45) is 11.6. The van der Waals surface area contributed by atoms with Gasteiger partial charge in [-0.1, -0.05) is 12.5 Å². The lowest BCUT2D eigenvalue weighted by molar-refractivity contribution is 0.0305. The average molecular weight is 315 g/mol. The molecule has 126 valence electrons. The molecule has 1 N–H and O–H groups in total. The molecular formula is C19H29N3O. The predicted octanol–water partition coefficient (Wildman–Crippen LogP) is 2.81. The van der Waals surface area contributed by atoms with E-state index in [4.69, 9.17) is 5.11 Å². The van der Waals surface area contributed by atoms with Crippen LogP contribution in [-0.2, 0) is 6.61 Å². The minimum absolute atomic E-state index is 0.0773. The molecule has 4 rings (SSSR count). The van der Waals surface area contributed by atoms with E-state index >= 15 is 0 Å². The molecule has 4 nitrogen and oxygen atoms in total. The van der Waals surface area contributed by atoms with E-state index < -0.39 is 0 Å². The van der Waals surface area contributed by atoms with Crippen LogP contribution in [0, 0.1) is 5.41 Å². The summed E-state index contributed by atoms with van der Waals surface area (Å²) < 4.78 is 0. The van der Waals surface area contributed by atoms with Gasteiger partial charge in [0.15, 0.2) is 0 Å². The highest BCUT2D eigenvalue weighted by Crippen LogP contribution is 2.43. The molecule has 3 heterocycles. The fourth-order valence-electron chi connectivity index (χ4n) is 4.52. The maximum atomic E-state index is 9.13. The Morgan fingerprint density at radius 3 is 2.26 bits per heavy atom. The van der Waals surface area contributed by atoms with Gasteiger partial charge in [0.2, 0.25) is 0 Å². The molecule has 4 heteroatoms. The van der Waals surface area contributed by atoms with Crippen LogP contribution in [0.4, 0.5) is 5.82 Å². The van der Waals surface area contributed by atoms with Gasteiger partial charge >= 0.3 is 0 Å². The van der Waals surface area contributed by atoms with Crippen LogP contribution >= 0.6 is 0 Å². The van der Waals surface area contributed by atoms with E-state index in [0.717, 1.165) is 30.5 Å². The molecule has 2 aliphatic heterocycles. The molecule has 3 fully saturated rings. The molecule has 1 aromatic rings. The minimum Gasteiger partial charge on any atom is -0.392 e. The van der Waals surface area contributed by atoms with Crippen LogP contribution in [0.1, 0.15) is 50.5 Å². The fourth-order valence-corrected chi connectivity index (χ4v) is 4.52. The molecule has 0 radical (unpaired) electrons. The van der Waals surface area contributed by atoms with Crippen LogP contribution in [0.2, 0.25) is 0 Å². The molecular weight excluding hydrogens is 286 g/mol. The second-order valence-electron chi connectivity index (χ2n) is 7.79. The van der Waals surface area contributed by atoms with Crippen molar-refractivity contribution < 1.29 is 5.11 Å². The Kier molecular flexibility index (Phi) is 4.29. The van der Waals surface area contributed by atoms with Gasteiger partial charge in [0.1, 0.15) is 5.82 Å². The summed E-state index contributed by atoms with van der Waals surface area (Å²) in [5, 5.41) is 9.13. The second kappa shape index (κ2) is 6.40. The number of pyridine rings is 1. The molecule has 3 aliphatic rings. The van der Waals surface area contributed by atoms with Gasteiger partial charge in [0.05, 0.1) is 6.61 Å². The van der Waals surface area contributed by atoms with Crippen molar-refractivity contribution >= 4 is 5.82 Å². The van der Waals surface area contributed by atoms with Crippen LogP contribution in [0.5, 0.6) is 0 Å². The van der Waals surface area contributed by atoms with E-state index in [0.29, 0.717) is 5.41 Å². The highest BCUT2D eigenvalue weighted by molar-refractivity contribution is 5.40. The fraction of sp³-hybridized carbons (Fsp3) is 0.737. The molecule has 0 bridgehead atoms. The zero-order valence-electron chi connectivity index (χ0n) is 14.1. The van der Waals surface area contributed by atoms with Gasteiger partial charge in [0, 0.05) is 25.3 Å². The third-order valence-electron chi connectivity index (χ3n) is 6.59. The topological polar surface area (TPSA) is 39.6 Å². The van der Waals surface area contributed by atoms with Crippen LogP contribution in [0.25, 0.3) is 0 Å². The largest absolute Gasteiger partial charge is 0.392 e. The van der Waals surface area contributed by atoms with E-state index in [2.05, 4.69) is 20.9 Å². The summed E-state index contributed by atoms with van der Waals surface area (Å²) in [6, 6.07) is 4.97. The third kappa shape index (κ3) is 3.11. The Morgan fingerprint density at radius 2 is 1.74 bits per heavy atom. The molecule has 0 unspecified atom stereocenters. The summed E-state index contributed by atoms with van der Waals surface area (Å²) in [5.74, 6) is 1.07. The van der Waals surface area contributed by atoms with E-state index in [9.17, 15) is 0 Å². The Bertz CT molecular complexity index is 508. The van der Waals surface area contributed by atoms with E-state index in [1.807, 2.05) is 6.07 Å². The summed E-state index contributed by atoms with van der Waals surface area (Å²) in [5.41, 5.74) is 1.49. The molecule has 0 aromatic carbocycles. The number of aliphatic hydroxyl groups excluding tert-OH is 1. The van der Waals surface area contributed by atoms with Gasteiger partial charge in [-0.3, -0.25) is 0 Å². The number of nitrogens with zero attached hydrogens (tertiary/aromatic N) is 3. The number of hydrogen-bond acceptors (Lipinski definition) is 4. The van der Waals surface area contributed by atoms with Crippen LogP contribution < -0.4 is 4.90 Å². The lowest BCUT2D eigenvalue weighted by atomic mass is 9.70. The van der Waals surface area contributed by atoms with Gasteiger partial charge < -0.3 is 14.9 Å². The van der Waals surface area contributed by atoms with Crippen LogP contribution in [0.3, 0.4) is 0 Å². The monoisotopic (exact) mass is 315 g/mol. The molecule has 0 atom stereocenters. The van der Waals surface area contributed by atoms with Crippen molar-refractivity contribution in [2.75, 3.05) is 31.1 Å². The van der Waals surface area contributed by atoms with Crippen LogP contribution in [-0.4, -0.2) is 47.2 Å². The standard InChI is InChI=1S/C19H29N3O/c23-15-16-4-5-18(20-14-16)22-12-8-19(9-13-22)6-10-21(11-7-19)17-2-1-3-17/h4-5,14,17,23H,1-3,6-13,15H2. The van der Waals surface area contributed by atoms with Gasteiger partial charge in [0.25, 0.3) is 0 Å². The lowest BCUT2D eigenvalue weighted by Gasteiger charge is -2.50. The van der Waals surface area contributed by atoms with Crippen molar-refractivity contribution in [3.05, 3.63) is 23.9 Å². The zero-order valence-corrected chi connectivity index (χ0v) is 14.1. The number of rotatable bonds is 3. The first-order valence-electron chi connectivity index (χ1n) is 9.33. The molecule has 1 spiro atoms. The molecule has 0 amide bonds. The van der Waals surface area contributed by atoms with E-state index in [1.54, 1.807) is 6.20 Å². The highest BCUT2D eigenvalue weighted by Gasteiger charge is 2.39. The van der Waals surface area contributed by atoms with Gasteiger partial charge in [-0.2, -0.15) is 0 Å². The number of hydrogen-bond donors (Lipinski definition) is 1. The molecule has 1 aliphatic carbocycles. The number of likely N-dealkylation sites (tertiary alicyclic amines) is 1. The normalized spacial score (nSPS) is 25.5. The lowest BCUT2D eigenvalue weighted by Crippen LogP contribution is -2.51. The SMILES string of the molecule is OCc1ccc(N2CCC3(CC2)CCN(C2CCC2)CC3)nc1. The molecule has 23 heavy (non-hydrogen) atoms. The van der Waals surface area contributed by atoms with E-state index in [-0.39, 0.29) is 6.61 Å². The average Bonchev–Trinajstić information content (AvgIpc) is 2.56. The van der Waals surface area contributed by atoms with Crippen molar-refractivity contribution in [1.29, 1.82) is 0 Å². The Labute approximate surface area is 139 Å². The smallest absolute Gasteiger partial charge is 0.128 e. The summed E-state index contributed by atoms with van der Waals surface area (Å²) in [6.45, 7) is 5.00. The molecule has 1 saturated carbocycles. The second-order valence-corrected chi connectivity index (χ2v) is 7.79. The van der Waals surface area contributed by atoms with E-state index in [1.165, 1.54) is 58.0 Å². The Balaban J connectivity index is 1.31. The van der Waals surface area contributed by atoms with Crippen molar-refractivity contribution in [2.24, 2.45) is 5.41 Å². The zero-order chi connectivity index (χ0) is 15.7. The summed E-state index contributed by atoms with van der Waals surface area (Å²) in [4.78, 5) is 9.70. The summed E-state index contributed by atoms with van der Waals surface area (Å²) in [7, 11) is 0. The maximum Gasteiger partial charge on any atom is 0.128 e.